The molecule has 8 nitrogen and oxygen atoms in total. The molecule has 0 saturated carbocycles. The monoisotopic (exact) mass is 522 g/mol. The number of piperidine rings is 1. The van der Waals surface area contributed by atoms with Crippen molar-refractivity contribution in [3.05, 3.63) is 59.3 Å². The number of alkyl halides is 3. The molecule has 2 amide bonds. The summed E-state index contributed by atoms with van der Waals surface area (Å²) in [5.74, 6) is -0.558. The summed E-state index contributed by atoms with van der Waals surface area (Å²) in [6, 6.07) is 9.40. The molecule has 1 fully saturated rings. The van der Waals surface area contributed by atoms with Crippen LogP contribution in [-0.4, -0.2) is 45.9 Å². The molecule has 4 rings (SSSR count). The number of rotatable bonds is 6. The van der Waals surface area contributed by atoms with E-state index in [-0.39, 0.29) is 28.8 Å². The van der Waals surface area contributed by atoms with Crippen LogP contribution in [0.2, 0.25) is 5.02 Å². The lowest BCUT2D eigenvalue weighted by Gasteiger charge is -2.34. The summed E-state index contributed by atoms with van der Waals surface area (Å²) < 4.78 is 47.8. The van der Waals surface area contributed by atoms with Crippen LogP contribution in [0.25, 0.3) is 11.1 Å². The number of amides is 2. The molecule has 0 aliphatic carbocycles. The number of hydrogen-bond acceptors (Lipinski definition) is 6. The van der Waals surface area contributed by atoms with E-state index in [9.17, 15) is 22.8 Å². The third-order valence-corrected chi connectivity index (χ3v) is 5.95. The topological polar surface area (TPSA) is 97.6 Å². The number of nitrogens with zero attached hydrogens (tertiary/aromatic N) is 3. The number of carbonyl (C=O) groups excluding carboxylic acids is 2. The Morgan fingerprint density at radius 3 is 2.64 bits per heavy atom. The van der Waals surface area contributed by atoms with Crippen molar-refractivity contribution in [3.63, 3.8) is 0 Å². The average Bonchev–Trinajstić information content (AvgIpc) is 3.23. The SMILES string of the molecule is Cc1nnc(CC(=O)N2CCCCC2C(=O)Nc2ccc(-c3ccccc3OC(F)(F)F)c(Cl)c2)o1. The normalized spacial score (nSPS) is 16.0. The Morgan fingerprint density at radius 2 is 1.94 bits per heavy atom. The minimum absolute atomic E-state index is 0.107. The van der Waals surface area contributed by atoms with Gasteiger partial charge in [0.2, 0.25) is 23.6 Å². The number of benzene rings is 2. The fraction of sp³-hybridized carbons (Fsp3) is 0.333. The molecule has 3 aromatic rings. The van der Waals surface area contributed by atoms with E-state index >= 15 is 0 Å². The smallest absolute Gasteiger partial charge is 0.425 e. The third-order valence-electron chi connectivity index (χ3n) is 5.64. The van der Waals surface area contributed by atoms with Crippen molar-refractivity contribution >= 4 is 29.1 Å². The highest BCUT2D eigenvalue weighted by molar-refractivity contribution is 6.33. The fourth-order valence-corrected chi connectivity index (χ4v) is 4.36. The zero-order valence-corrected chi connectivity index (χ0v) is 19.9. The van der Waals surface area contributed by atoms with Crippen molar-refractivity contribution in [2.45, 2.75) is 45.0 Å². The highest BCUT2D eigenvalue weighted by Gasteiger charge is 2.34. The number of hydrogen-bond donors (Lipinski definition) is 1. The molecule has 0 spiro atoms. The molecule has 36 heavy (non-hydrogen) atoms. The molecular weight excluding hydrogens is 501 g/mol. The Balaban J connectivity index is 1.49. The van der Waals surface area contributed by atoms with Gasteiger partial charge in [0.25, 0.3) is 0 Å². The lowest BCUT2D eigenvalue weighted by Crippen LogP contribution is -2.50. The maximum atomic E-state index is 13.1. The molecule has 0 radical (unpaired) electrons. The number of aromatic nitrogens is 2. The Kier molecular flexibility index (Phi) is 7.48. The van der Waals surface area contributed by atoms with E-state index in [0.29, 0.717) is 30.1 Å². The molecule has 1 aromatic heterocycles. The van der Waals surface area contributed by atoms with Crippen molar-refractivity contribution in [2.24, 2.45) is 0 Å². The van der Waals surface area contributed by atoms with Crippen LogP contribution in [0.15, 0.2) is 46.9 Å². The highest BCUT2D eigenvalue weighted by Crippen LogP contribution is 2.38. The maximum absolute atomic E-state index is 13.1. The van der Waals surface area contributed by atoms with Crippen molar-refractivity contribution in [1.82, 2.24) is 15.1 Å². The number of para-hydroxylation sites is 1. The van der Waals surface area contributed by atoms with Crippen molar-refractivity contribution in [1.29, 1.82) is 0 Å². The van der Waals surface area contributed by atoms with E-state index in [2.05, 4.69) is 20.3 Å². The quantitative estimate of drug-likeness (QED) is 0.480. The van der Waals surface area contributed by atoms with Gasteiger partial charge >= 0.3 is 6.36 Å². The molecule has 0 bridgehead atoms. The number of halogens is 4. The number of nitrogens with one attached hydrogen (secondary N) is 1. The largest absolute Gasteiger partial charge is 0.573 e. The second kappa shape index (κ2) is 10.6. The Morgan fingerprint density at radius 1 is 1.17 bits per heavy atom. The summed E-state index contributed by atoms with van der Waals surface area (Å²) in [6.07, 6.45) is -2.95. The van der Waals surface area contributed by atoms with Crippen LogP contribution in [0.1, 0.15) is 31.0 Å². The molecule has 1 unspecified atom stereocenters. The summed E-state index contributed by atoms with van der Waals surface area (Å²) in [6.45, 7) is 2.04. The van der Waals surface area contributed by atoms with E-state index in [0.717, 1.165) is 12.8 Å². The molecule has 2 heterocycles. The minimum atomic E-state index is -4.86. The summed E-state index contributed by atoms with van der Waals surface area (Å²) in [4.78, 5) is 27.4. The van der Waals surface area contributed by atoms with Crippen LogP contribution in [0.5, 0.6) is 5.75 Å². The number of ether oxygens (including phenoxy) is 1. The standard InChI is InChI=1S/C24H22ClF3N4O4/c1-14-30-31-21(35-14)13-22(33)32-11-5-4-7-19(32)23(34)29-15-9-10-16(18(25)12-15)17-6-2-3-8-20(17)36-24(26,27)28/h2-3,6,8-10,12,19H,4-5,7,11,13H2,1H3,(H,29,34). The zero-order chi connectivity index (χ0) is 25.9. The second-order valence-electron chi connectivity index (χ2n) is 8.22. The maximum Gasteiger partial charge on any atom is 0.573 e. The summed E-state index contributed by atoms with van der Waals surface area (Å²) in [5, 5.41) is 10.4. The summed E-state index contributed by atoms with van der Waals surface area (Å²) in [5.41, 5.74) is 0.797. The van der Waals surface area contributed by atoms with E-state index in [1.165, 1.54) is 41.3 Å². The van der Waals surface area contributed by atoms with Crippen LogP contribution < -0.4 is 10.1 Å². The van der Waals surface area contributed by atoms with Gasteiger partial charge in [0, 0.05) is 30.3 Å². The number of carbonyl (C=O) groups is 2. The first-order valence-corrected chi connectivity index (χ1v) is 11.5. The number of likely N-dealkylation sites (tertiary alicyclic amines) is 1. The summed E-state index contributed by atoms with van der Waals surface area (Å²) in [7, 11) is 0. The van der Waals surface area contributed by atoms with Gasteiger partial charge in [0.15, 0.2) is 0 Å². The molecule has 1 N–H and O–H groups in total. The van der Waals surface area contributed by atoms with Crippen LogP contribution in [0.4, 0.5) is 18.9 Å². The van der Waals surface area contributed by atoms with E-state index in [1.807, 2.05) is 0 Å². The van der Waals surface area contributed by atoms with Crippen LogP contribution in [-0.2, 0) is 16.0 Å². The second-order valence-corrected chi connectivity index (χ2v) is 8.63. The van der Waals surface area contributed by atoms with Gasteiger partial charge in [-0.15, -0.1) is 23.4 Å². The first kappa shape index (κ1) is 25.5. The van der Waals surface area contributed by atoms with Gasteiger partial charge in [-0.3, -0.25) is 9.59 Å². The molecule has 1 aliphatic rings. The van der Waals surface area contributed by atoms with Gasteiger partial charge in [0.05, 0.1) is 5.02 Å². The van der Waals surface area contributed by atoms with E-state index < -0.39 is 24.1 Å². The van der Waals surface area contributed by atoms with Crippen molar-refractivity contribution < 1.29 is 31.9 Å². The van der Waals surface area contributed by atoms with Gasteiger partial charge < -0.3 is 19.4 Å². The first-order valence-electron chi connectivity index (χ1n) is 11.1. The lowest BCUT2D eigenvalue weighted by molar-refractivity contribution is -0.274. The molecule has 2 aromatic carbocycles. The summed E-state index contributed by atoms with van der Waals surface area (Å²) >= 11 is 6.37. The third kappa shape index (κ3) is 6.14. The molecular formula is C24H22ClF3N4O4. The average molecular weight is 523 g/mol. The minimum Gasteiger partial charge on any atom is -0.425 e. The fourth-order valence-electron chi connectivity index (χ4n) is 4.08. The molecule has 1 saturated heterocycles. The predicted octanol–water partition coefficient (Wildman–Crippen LogP) is 5.16. The Labute approximate surface area is 209 Å². The molecule has 1 aliphatic heterocycles. The molecule has 190 valence electrons. The van der Waals surface area contributed by atoms with Gasteiger partial charge in [-0.1, -0.05) is 35.9 Å². The van der Waals surface area contributed by atoms with E-state index in [4.69, 9.17) is 16.0 Å². The highest BCUT2D eigenvalue weighted by atomic mass is 35.5. The van der Waals surface area contributed by atoms with Crippen molar-refractivity contribution in [2.75, 3.05) is 11.9 Å². The van der Waals surface area contributed by atoms with E-state index in [1.54, 1.807) is 13.0 Å². The van der Waals surface area contributed by atoms with Gasteiger partial charge in [-0.05, 0) is 37.5 Å². The Hall–Kier alpha value is -3.60. The zero-order valence-electron chi connectivity index (χ0n) is 19.1. The van der Waals surface area contributed by atoms with Gasteiger partial charge in [0.1, 0.15) is 18.2 Å². The van der Waals surface area contributed by atoms with Crippen LogP contribution >= 0.6 is 11.6 Å². The predicted molar refractivity (Wildman–Crippen MR) is 124 cm³/mol. The Bertz CT molecular complexity index is 1260. The van der Waals surface area contributed by atoms with Gasteiger partial charge in [-0.25, -0.2) is 0 Å². The van der Waals surface area contributed by atoms with Crippen LogP contribution in [0, 0.1) is 6.92 Å². The number of anilines is 1. The molecule has 1 atom stereocenters. The van der Waals surface area contributed by atoms with Crippen molar-refractivity contribution in [3.8, 4) is 16.9 Å². The van der Waals surface area contributed by atoms with Crippen LogP contribution in [0.3, 0.4) is 0 Å². The first-order chi connectivity index (χ1) is 17.1. The lowest BCUT2D eigenvalue weighted by atomic mass is 10.0. The van der Waals surface area contributed by atoms with Gasteiger partial charge in [-0.2, -0.15) is 0 Å². The molecule has 12 heteroatoms. The number of aryl methyl sites for hydroxylation is 1.